The molecular formula is C42H51N9O8. The summed E-state index contributed by atoms with van der Waals surface area (Å²) in [5, 5.41) is 35.0. The fraction of sp³-hybridized carbons (Fsp3) is 0.429. The van der Waals surface area contributed by atoms with Crippen molar-refractivity contribution in [3.05, 3.63) is 77.9 Å². The van der Waals surface area contributed by atoms with Gasteiger partial charge >= 0.3 is 12.2 Å². The van der Waals surface area contributed by atoms with E-state index in [0.29, 0.717) is 60.7 Å². The lowest BCUT2D eigenvalue weighted by Gasteiger charge is -2.29. The zero-order chi connectivity index (χ0) is 42.1. The van der Waals surface area contributed by atoms with Gasteiger partial charge in [-0.25, -0.2) is 9.59 Å². The van der Waals surface area contributed by atoms with Gasteiger partial charge in [0.15, 0.2) is 0 Å². The summed E-state index contributed by atoms with van der Waals surface area (Å²) in [6.07, 6.45) is 2.04. The van der Waals surface area contributed by atoms with Crippen LogP contribution in [0.2, 0.25) is 0 Å². The van der Waals surface area contributed by atoms with Crippen LogP contribution in [-0.4, -0.2) is 105 Å². The van der Waals surface area contributed by atoms with Crippen LogP contribution in [0.1, 0.15) is 68.8 Å². The summed E-state index contributed by atoms with van der Waals surface area (Å²) in [6, 6.07) is 18.5. The number of carbonyl (C=O) groups is 5. The molecule has 0 bridgehead atoms. The maximum absolute atomic E-state index is 13.9. The molecule has 5 amide bonds. The summed E-state index contributed by atoms with van der Waals surface area (Å²) < 4.78 is 11.0. The summed E-state index contributed by atoms with van der Waals surface area (Å²) in [7, 11) is 1.52. The molecule has 3 aromatic carbocycles. The molecule has 2 aliphatic rings. The molecule has 1 aliphatic carbocycles. The summed E-state index contributed by atoms with van der Waals surface area (Å²) in [4.78, 5) is 65.3. The molecule has 59 heavy (non-hydrogen) atoms. The van der Waals surface area contributed by atoms with Crippen molar-refractivity contribution in [3.8, 4) is 28.3 Å². The van der Waals surface area contributed by atoms with E-state index < -0.39 is 23.8 Å². The number of hydrogen-bond donors (Lipinski definition) is 6. The summed E-state index contributed by atoms with van der Waals surface area (Å²) >= 11 is 0. The molecule has 17 nitrogen and oxygen atoms in total. The molecule has 17 heteroatoms. The Labute approximate surface area is 342 Å². The van der Waals surface area contributed by atoms with E-state index >= 15 is 0 Å². The number of likely N-dealkylation sites (tertiary alicyclic amines) is 1. The van der Waals surface area contributed by atoms with Crippen molar-refractivity contribution >= 4 is 35.6 Å². The van der Waals surface area contributed by atoms with Crippen LogP contribution >= 0.6 is 0 Å². The SMILES string of the molecule is COc1cc(C(=O)N[C@@H]2CCN(C(=O)O)C2)ccc1-c1ccc(C[C@H](NC(=O)[C@H]2CC[C@H](CNC(=O)OC(C)(C)C)CC2)C(=O)Nc2ccc(-c3nn[nH]n3)cc2)cc1. The highest BCUT2D eigenvalue weighted by Crippen LogP contribution is 2.32. The first-order chi connectivity index (χ1) is 28.2. The number of rotatable bonds is 13. The first-order valence-corrected chi connectivity index (χ1v) is 19.7. The van der Waals surface area contributed by atoms with Crippen LogP contribution in [0.3, 0.4) is 0 Å². The Balaban J connectivity index is 1.11. The van der Waals surface area contributed by atoms with Gasteiger partial charge in [0.05, 0.1) is 7.11 Å². The highest BCUT2D eigenvalue weighted by molar-refractivity contribution is 5.98. The topological polar surface area (TPSA) is 230 Å². The van der Waals surface area contributed by atoms with E-state index in [1.807, 2.05) is 45.0 Å². The molecule has 6 rings (SSSR count). The third-order valence-electron chi connectivity index (χ3n) is 10.5. The van der Waals surface area contributed by atoms with Crippen LogP contribution in [-0.2, 0) is 20.7 Å². The lowest BCUT2D eigenvalue weighted by atomic mass is 9.81. The third-order valence-corrected chi connectivity index (χ3v) is 10.5. The molecule has 1 saturated heterocycles. The van der Waals surface area contributed by atoms with Crippen molar-refractivity contribution < 1.29 is 38.6 Å². The quantitative estimate of drug-likeness (QED) is 0.105. The highest BCUT2D eigenvalue weighted by atomic mass is 16.6. The first kappa shape index (κ1) is 42.1. The number of aromatic amines is 1. The van der Waals surface area contributed by atoms with Gasteiger partial charge in [-0.3, -0.25) is 14.4 Å². The molecule has 0 spiro atoms. The Morgan fingerprint density at radius 3 is 2.27 bits per heavy atom. The van der Waals surface area contributed by atoms with Crippen molar-refractivity contribution in [1.82, 2.24) is 41.5 Å². The molecule has 0 radical (unpaired) electrons. The number of nitrogens with zero attached hydrogens (tertiary/aromatic N) is 4. The fourth-order valence-electron chi connectivity index (χ4n) is 7.33. The molecular weight excluding hydrogens is 759 g/mol. The van der Waals surface area contributed by atoms with Crippen LogP contribution in [0.5, 0.6) is 5.75 Å². The number of carbonyl (C=O) groups excluding carboxylic acids is 4. The van der Waals surface area contributed by atoms with Crippen molar-refractivity contribution in [2.75, 3.05) is 32.1 Å². The minimum atomic E-state index is -1.01. The van der Waals surface area contributed by atoms with Crippen molar-refractivity contribution in [3.63, 3.8) is 0 Å². The van der Waals surface area contributed by atoms with Gasteiger partial charge in [0, 0.05) is 60.4 Å². The number of amides is 5. The molecule has 2 fully saturated rings. The maximum atomic E-state index is 13.9. The lowest BCUT2D eigenvalue weighted by Crippen LogP contribution is -2.48. The highest BCUT2D eigenvalue weighted by Gasteiger charge is 2.31. The van der Waals surface area contributed by atoms with E-state index in [1.54, 1.807) is 42.5 Å². The standard InChI is InChI=1S/C42H51N9O8/c1-42(2,3)59-40(55)43-23-26-7-11-29(12-8-26)37(52)46-34(39(54)44-31-16-13-28(14-17-31)36-47-49-50-48-36)21-25-5-9-27(10-6-25)33-18-15-30(22-35(33)58-4)38(53)45-32-19-20-51(24-32)41(56)57/h5-6,9-10,13-18,22,26,29,32,34H,7-8,11-12,19-21,23-24H2,1-4H3,(H,43,55)(H,44,54)(H,45,53)(H,46,52)(H,56,57)(H,47,48,49,50)/t26-,29-,32-,34+/m1/s1. The lowest BCUT2D eigenvalue weighted by molar-refractivity contribution is -0.130. The number of benzene rings is 3. The minimum absolute atomic E-state index is 0.200. The van der Waals surface area contributed by atoms with Crippen LogP contribution in [0.15, 0.2) is 66.7 Å². The predicted octanol–water partition coefficient (Wildman–Crippen LogP) is 5.02. The Morgan fingerprint density at radius 1 is 0.932 bits per heavy atom. The number of hydrogen-bond acceptors (Lipinski definition) is 10. The molecule has 2 heterocycles. The second-order valence-corrected chi connectivity index (χ2v) is 16.0. The van der Waals surface area contributed by atoms with E-state index in [-0.39, 0.29) is 48.6 Å². The van der Waals surface area contributed by atoms with E-state index in [1.165, 1.54) is 12.0 Å². The number of ether oxygens (including phenoxy) is 2. The second kappa shape index (κ2) is 18.8. The third kappa shape index (κ3) is 11.5. The molecule has 6 N–H and O–H groups in total. The molecule has 0 unspecified atom stereocenters. The number of alkyl carbamates (subject to hydrolysis) is 1. The number of nitrogens with one attached hydrogen (secondary N) is 5. The van der Waals surface area contributed by atoms with Gasteiger partial charge in [-0.15, -0.1) is 10.2 Å². The van der Waals surface area contributed by atoms with Crippen molar-refractivity contribution in [2.24, 2.45) is 11.8 Å². The predicted molar refractivity (Wildman–Crippen MR) is 217 cm³/mol. The van der Waals surface area contributed by atoms with Gasteiger partial charge < -0.3 is 40.7 Å². The molecule has 2 atom stereocenters. The minimum Gasteiger partial charge on any atom is -0.496 e. The number of carboxylic acid groups (broad SMARTS) is 1. The van der Waals surface area contributed by atoms with Gasteiger partial charge in [0.1, 0.15) is 17.4 Å². The van der Waals surface area contributed by atoms with E-state index in [0.717, 1.165) is 29.5 Å². The monoisotopic (exact) mass is 809 g/mol. The smallest absolute Gasteiger partial charge is 0.407 e. The fourth-order valence-corrected chi connectivity index (χ4v) is 7.33. The number of H-pyrrole nitrogens is 1. The molecule has 1 aromatic heterocycles. The summed E-state index contributed by atoms with van der Waals surface area (Å²) in [5.41, 5.74) is 3.41. The van der Waals surface area contributed by atoms with Crippen LogP contribution in [0.4, 0.5) is 15.3 Å². The number of methoxy groups -OCH3 is 1. The largest absolute Gasteiger partial charge is 0.496 e. The molecule has 312 valence electrons. The van der Waals surface area contributed by atoms with Crippen LogP contribution in [0, 0.1) is 11.8 Å². The zero-order valence-electron chi connectivity index (χ0n) is 33.6. The van der Waals surface area contributed by atoms with Crippen LogP contribution in [0.25, 0.3) is 22.5 Å². The number of aromatic nitrogens is 4. The number of tetrazole rings is 1. The Hall–Kier alpha value is -6.52. The van der Waals surface area contributed by atoms with Gasteiger partial charge in [0.2, 0.25) is 17.6 Å². The van der Waals surface area contributed by atoms with E-state index in [2.05, 4.69) is 41.9 Å². The first-order valence-electron chi connectivity index (χ1n) is 19.7. The Bertz CT molecular complexity index is 2100. The normalized spacial score (nSPS) is 18.3. The second-order valence-electron chi connectivity index (χ2n) is 16.0. The average Bonchev–Trinajstić information content (AvgIpc) is 3.93. The maximum Gasteiger partial charge on any atom is 0.407 e. The Kier molecular flexibility index (Phi) is 13.4. The van der Waals surface area contributed by atoms with Crippen molar-refractivity contribution in [1.29, 1.82) is 0 Å². The number of anilines is 1. The molecule has 1 saturated carbocycles. The van der Waals surface area contributed by atoms with Crippen molar-refractivity contribution in [2.45, 2.75) is 77.0 Å². The Morgan fingerprint density at radius 2 is 1.64 bits per heavy atom. The van der Waals surface area contributed by atoms with E-state index in [4.69, 9.17) is 9.47 Å². The van der Waals surface area contributed by atoms with Gasteiger partial charge in [-0.1, -0.05) is 24.3 Å². The van der Waals surface area contributed by atoms with Gasteiger partial charge in [-0.2, -0.15) is 5.21 Å². The van der Waals surface area contributed by atoms with Gasteiger partial charge in [-0.05, 0) is 118 Å². The van der Waals surface area contributed by atoms with E-state index in [9.17, 15) is 29.1 Å². The zero-order valence-corrected chi connectivity index (χ0v) is 33.6. The summed E-state index contributed by atoms with van der Waals surface area (Å²) in [6.45, 7) is 6.51. The van der Waals surface area contributed by atoms with Crippen LogP contribution < -0.4 is 26.0 Å². The van der Waals surface area contributed by atoms with Gasteiger partial charge in [0.25, 0.3) is 5.91 Å². The summed E-state index contributed by atoms with van der Waals surface area (Å²) in [5.74, 6) is -0.0667. The molecule has 1 aliphatic heterocycles. The average molecular weight is 810 g/mol. The molecule has 4 aromatic rings.